The summed E-state index contributed by atoms with van der Waals surface area (Å²) in [4.78, 5) is 12.5. The number of rotatable bonds is 18. The van der Waals surface area contributed by atoms with Gasteiger partial charge in [0.15, 0.2) is 9.84 Å². The van der Waals surface area contributed by atoms with Gasteiger partial charge >= 0.3 is 6.09 Å². The molecule has 10 atom stereocenters. The van der Waals surface area contributed by atoms with Gasteiger partial charge in [0.1, 0.15) is 5.60 Å². The van der Waals surface area contributed by atoms with Gasteiger partial charge in [0.05, 0.1) is 72.7 Å². The van der Waals surface area contributed by atoms with Crippen molar-refractivity contribution in [3.05, 3.63) is 79.4 Å². The van der Waals surface area contributed by atoms with Crippen LogP contribution in [0.2, 0.25) is 0 Å². The van der Waals surface area contributed by atoms with E-state index in [1.54, 1.807) is 57.2 Å². The van der Waals surface area contributed by atoms with E-state index in [2.05, 4.69) is 32.0 Å². The Bertz CT molecular complexity index is 1510. The van der Waals surface area contributed by atoms with Crippen molar-refractivity contribution in [2.75, 3.05) is 32.6 Å². The van der Waals surface area contributed by atoms with E-state index in [0.717, 1.165) is 36.8 Å². The van der Waals surface area contributed by atoms with Crippen molar-refractivity contribution < 1.29 is 46.7 Å². The van der Waals surface area contributed by atoms with Crippen molar-refractivity contribution in [2.24, 2.45) is 11.8 Å². The van der Waals surface area contributed by atoms with Crippen LogP contribution in [0.4, 0.5) is 4.79 Å². The van der Waals surface area contributed by atoms with Crippen LogP contribution in [0.25, 0.3) is 0 Å². The number of methoxy groups -OCH3 is 1. The Morgan fingerprint density at radius 2 is 1.81 bits per heavy atom. The second-order valence-electron chi connectivity index (χ2n) is 15.5. The van der Waals surface area contributed by atoms with E-state index in [4.69, 9.17) is 28.4 Å². The molecule has 1 amide bonds. The van der Waals surface area contributed by atoms with Gasteiger partial charge in [0, 0.05) is 38.8 Å². The first-order valence-electron chi connectivity index (χ1n) is 18.7. The van der Waals surface area contributed by atoms with Crippen LogP contribution in [-0.2, 0) is 38.3 Å². The molecular formula is C41H61NO10S. The number of aliphatic hydroxyl groups excluding tert-OH is 1. The molecule has 3 saturated heterocycles. The third kappa shape index (κ3) is 12.9. The minimum Gasteiger partial charge on any atom is -0.444 e. The molecule has 12 heteroatoms. The van der Waals surface area contributed by atoms with Crippen LogP contribution in [0, 0.1) is 11.8 Å². The summed E-state index contributed by atoms with van der Waals surface area (Å²) >= 11 is 0. The molecule has 296 valence electrons. The molecular weight excluding hydrogens is 699 g/mol. The molecule has 0 bridgehead atoms. The number of alkyl carbamates (subject to hydrolysis) is 1. The Balaban J connectivity index is 1.43. The lowest BCUT2D eigenvalue weighted by Gasteiger charge is -2.38. The van der Waals surface area contributed by atoms with Crippen molar-refractivity contribution in [2.45, 2.75) is 126 Å². The zero-order valence-corrected chi connectivity index (χ0v) is 32.9. The van der Waals surface area contributed by atoms with Gasteiger partial charge in [0.2, 0.25) is 0 Å². The molecule has 0 spiro atoms. The topological polar surface area (TPSA) is 139 Å². The minimum absolute atomic E-state index is 0.0320. The Hall–Kier alpha value is -2.84. The van der Waals surface area contributed by atoms with Gasteiger partial charge < -0.3 is 38.8 Å². The summed E-state index contributed by atoms with van der Waals surface area (Å²) in [5, 5.41) is 13.6. The van der Waals surface area contributed by atoms with Crippen LogP contribution in [-0.4, -0.2) is 107 Å². The lowest BCUT2D eigenvalue weighted by Crippen LogP contribution is -2.41. The van der Waals surface area contributed by atoms with Crippen LogP contribution in [0.3, 0.4) is 0 Å². The maximum atomic E-state index is 13.7. The van der Waals surface area contributed by atoms with E-state index >= 15 is 0 Å². The molecule has 3 aliphatic rings. The van der Waals surface area contributed by atoms with Gasteiger partial charge in [-0.2, -0.15) is 0 Å². The normalized spacial score (nSPS) is 30.1. The van der Waals surface area contributed by atoms with Gasteiger partial charge in [-0.05, 0) is 69.2 Å². The quantitative estimate of drug-likeness (QED) is 0.133. The molecule has 4 rings (SSSR count). The van der Waals surface area contributed by atoms with Gasteiger partial charge in [-0.25, -0.2) is 13.2 Å². The first-order chi connectivity index (χ1) is 25.1. The second-order valence-corrected chi connectivity index (χ2v) is 17.5. The number of aliphatic hydroxyl groups is 1. The Kier molecular flexibility index (Phi) is 15.9. The number of hydrogen-bond acceptors (Lipinski definition) is 10. The molecule has 1 aromatic rings. The third-order valence-electron chi connectivity index (χ3n) is 10.1. The van der Waals surface area contributed by atoms with Gasteiger partial charge in [0.25, 0.3) is 0 Å². The van der Waals surface area contributed by atoms with Gasteiger partial charge in [-0.3, -0.25) is 0 Å². The molecule has 0 saturated carbocycles. The number of carbonyl (C=O) groups is 1. The predicted octanol–water partition coefficient (Wildman–Crippen LogP) is 6.13. The van der Waals surface area contributed by atoms with E-state index in [9.17, 15) is 18.3 Å². The highest BCUT2D eigenvalue weighted by atomic mass is 32.2. The summed E-state index contributed by atoms with van der Waals surface area (Å²) in [5.41, 5.74) is 1.33. The summed E-state index contributed by atoms with van der Waals surface area (Å²) in [6.45, 7) is 20.7. The minimum atomic E-state index is -3.72. The molecule has 53 heavy (non-hydrogen) atoms. The standard InChI is InChI=1S/C41H61NO10S/c1-9-19-48-20-13-14-31-22-28(3)35(49-31)18-17-32-21-27(2)29(4)36(50-32)24-37-34(26-53(45,46)33-15-11-10-12-16-33)39(47-8)38(51-37)23-30(43)25-42-40(44)52-41(5,6)7/h9-16,27,30-32,34-39,43H,1,3-4,17-26H2,2,5-8H3,(H,42,44)/b14-13+/t27?,30?,31?,32?,34?,35-,36?,37-,38+,39+/m0/s1. The highest BCUT2D eigenvalue weighted by Gasteiger charge is 2.49. The molecule has 3 aliphatic heterocycles. The zero-order chi connectivity index (χ0) is 38.8. The van der Waals surface area contributed by atoms with Crippen molar-refractivity contribution >= 4 is 15.9 Å². The van der Waals surface area contributed by atoms with Crippen molar-refractivity contribution in [3.8, 4) is 0 Å². The summed E-state index contributed by atoms with van der Waals surface area (Å²) in [6, 6.07) is 8.35. The largest absolute Gasteiger partial charge is 0.444 e. The molecule has 0 aromatic heterocycles. The fourth-order valence-electron chi connectivity index (χ4n) is 7.42. The summed E-state index contributed by atoms with van der Waals surface area (Å²) in [7, 11) is -2.19. The van der Waals surface area contributed by atoms with Crippen LogP contribution < -0.4 is 5.32 Å². The summed E-state index contributed by atoms with van der Waals surface area (Å²) in [5.74, 6) is -0.589. The number of sulfone groups is 1. The number of nitrogens with one attached hydrogen (secondary N) is 1. The van der Waals surface area contributed by atoms with Gasteiger partial charge in [-0.15, -0.1) is 6.58 Å². The average molecular weight is 760 g/mol. The van der Waals surface area contributed by atoms with E-state index in [1.165, 1.54) is 7.11 Å². The zero-order valence-electron chi connectivity index (χ0n) is 32.1. The average Bonchev–Trinajstić information content (AvgIpc) is 3.61. The van der Waals surface area contributed by atoms with E-state index < -0.39 is 51.9 Å². The van der Waals surface area contributed by atoms with Crippen molar-refractivity contribution in [3.63, 3.8) is 0 Å². The molecule has 6 unspecified atom stereocenters. The Labute approximate surface area is 316 Å². The Morgan fingerprint density at radius 3 is 2.49 bits per heavy atom. The Morgan fingerprint density at radius 1 is 1.08 bits per heavy atom. The lowest BCUT2D eigenvalue weighted by molar-refractivity contribution is -0.0769. The monoisotopic (exact) mass is 759 g/mol. The molecule has 3 heterocycles. The first kappa shape index (κ1) is 42.9. The number of ether oxygens (including phenoxy) is 6. The van der Waals surface area contributed by atoms with E-state index in [1.807, 2.05) is 12.2 Å². The number of amides is 1. The predicted molar refractivity (Wildman–Crippen MR) is 204 cm³/mol. The lowest BCUT2D eigenvalue weighted by atomic mass is 9.83. The maximum absolute atomic E-state index is 13.7. The van der Waals surface area contributed by atoms with Crippen LogP contribution >= 0.6 is 0 Å². The van der Waals surface area contributed by atoms with E-state index in [-0.39, 0.29) is 53.9 Å². The number of carbonyl (C=O) groups excluding carboxylic acids is 1. The number of benzene rings is 1. The molecule has 11 nitrogen and oxygen atoms in total. The maximum Gasteiger partial charge on any atom is 0.407 e. The summed E-state index contributed by atoms with van der Waals surface area (Å²) in [6.07, 6.45) is 5.34. The highest BCUT2D eigenvalue weighted by Crippen LogP contribution is 2.41. The molecule has 3 fully saturated rings. The van der Waals surface area contributed by atoms with Crippen LogP contribution in [0.15, 0.2) is 84.3 Å². The fourth-order valence-corrected chi connectivity index (χ4v) is 9.10. The molecule has 0 radical (unpaired) electrons. The fraction of sp³-hybridized carbons (Fsp3) is 0.634. The second kappa shape index (κ2) is 19.7. The van der Waals surface area contributed by atoms with Crippen molar-refractivity contribution in [1.29, 1.82) is 0 Å². The van der Waals surface area contributed by atoms with Crippen molar-refractivity contribution in [1.82, 2.24) is 5.32 Å². The molecule has 0 aliphatic carbocycles. The first-order valence-corrected chi connectivity index (χ1v) is 20.4. The molecule has 2 N–H and O–H groups in total. The van der Waals surface area contributed by atoms with E-state index in [0.29, 0.717) is 19.6 Å². The third-order valence-corrected chi connectivity index (χ3v) is 11.9. The van der Waals surface area contributed by atoms with Crippen LogP contribution in [0.5, 0.6) is 0 Å². The van der Waals surface area contributed by atoms with Crippen LogP contribution in [0.1, 0.15) is 66.2 Å². The summed E-state index contributed by atoms with van der Waals surface area (Å²) < 4.78 is 63.7. The number of hydrogen-bond donors (Lipinski definition) is 2. The SMILES string of the molecule is C=CCOC/C=C/C1CC(=C)[C@H](CCC2CC(C)C(=C)C(C[C@@H]3O[C@H](CC(O)CNC(=O)OC(C)(C)C)[C@H](OC)C3CS(=O)(=O)c3ccccc3)O2)O1. The smallest absolute Gasteiger partial charge is 0.407 e. The van der Waals surface area contributed by atoms with Gasteiger partial charge in [-0.1, -0.05) is 56.5 Å². The molecule has 1 aromatic carbocycles. The highest BCUT2D eigenvalue weighted by molar-refractivity contribution is 7.91.